The fraction of sp³-hybridized carbons (Fsp3) is 0.600. The van der Waals surface area contributed by atoms with Gasteiger partial charge in [0.05, 0.1) is 12.0 Å². The minimum atomic E-state index is -0.195. The molecule has 1 aliphatic rings. The molecule has 1 aromatic carbocycles. The summed E-state index contributed by atoms with van der Waals surface area (Å²) in [6.07, 6.45) is 2.87. The standard InChI is InChI=1S/C20H32FN5O.HI/c1-14-7-8-16(12-18(14)21)15(2)25-20(23-3)24-9-5-11-26-10-4-6-17(13-26)19(22)27;/h7-8,12,15,17H,4-6,9-11,13H2,1-3H3,(H2,22,27)(H2,23,24,25);1H. The number of piperidine rings is 1. The normalized spacial score (nSPS) is 18.9. The van der Waals surface area contributed by atoms with E-state index in [0.29, 0.717) is 11.5 Å². The Balaban J connectivity index is 0.00000392. The number of amides is 1. The molecule has 1 aromatic rings. The summed E-state index contributed by atoms with van der Waals surface area (Å²) >= 11 is 0. The van der Waals surface area contributed by atoms with Crippen molar-refractivity contribution in [2.45, 2.75) is 39.2 Å². The predicted molar refractivity (Wildman–Crippen MR) is 122 cm³/mol. The lowest BCUT2D eigenvalue weighted by atomic mass is 9.97. The molecule has 1 aliphatic heterocycles. The average Bonchev–Trinajstić information content (AvgIpc) is 2.66. The van der Waals surface area contributed by atoms with Crippen LogP contribution in [0.15, 0.2) is 23.2 Å². The molecule has 28 heavy (non-hydrogen) atoms. The Morgan fingerprint density at radius 2 is 2.21 bits per heavy atom. The van der Waals surface area contributed by atoms with Crippen molar-refractivity contribution in [2.75, 3.05) is 33.2 Å². The molecule has 2 unspecified atom stereocenters. The molecule has 1 fully saturated rings. The quantitative estimate of drug-likeness (QED) is 0.230. The molecule has 0 bridgehead atoms. The predicted octanol–water partition coefficient (Wildman–Crippen LogP) is 2.57. The monoisotopic (exact) mass is 505 g/mol. The van der Waals surface area contributed by atoms with Gasteiger partial charge in [-0.05, 0) is 63.4 Å². The van der Waals surface area contributed by atoms with Gasteiger partial charge in [-0.15, -0.1) is 24.0 Å². The Kier molecular flexibility index (Phi) is 10.7. The molecule has 0 aliphatic carbocycles. The molecule has 4 N–H and O–H groups in total. The number of hydrogen-bond donors (Lipinski definition) is 3. The zero-order chi connectivity index (χ0) is 19.8. The molecule has 8 heteroatoms. The summed E-state index contributed by atoms with van der Waals surface area (Å²) in [5.74, 6) is 0.290. The van der Waals surface area contributed by atoms with Gasteiger partial charge < -0.3 is 21.3 Å². The van der Waals surface area contributed by atoms with Gasteiger partial charge >= 0.3 is 0 Å². The van der Waals surface area contributed by atoms with Crippen LogP contribution in [0.4, 0.5) is 4.39 Å². The fourth-order valence-electron chi connectivity index (χ4n) is 3.36. The van der Waals surface area contributed by atoms with E-state index in [2.05, 4.69) is 20.5 Å². The second kappa shape index (κ2) is 12.2. The van der Waals surface area contributed by atoms with E-state index in [1.807, 2.05) is 13.0 Å². The van der Waals surface area contributed by atoms with Crippen molar-refractivity contribution >= 4 is 35.8 Å². The number of aliphatic imine (C=N–C) groups is 1. The van der Waals surface area contributed by atoms with Crippen LogP contribution in [0.2, 0.25) is 0 Å². The summed E-state index contributed by atoms with van der Waals surface area (Å²) in [5.41, 5.74) is 6.95. The number of guanidine groups is 1. The topological polar surface area (TPSA) is 82.8 Å². The van der Waals surface area contributed by atoms with E-state index in [-0.39, 0.29) is 47.7 Å². The van der Waals surface area contributed by atoms with Crippen molar-refractivity contribution in [2.24, 2.45) is 16.6 Å². The Morgan fingerprint density at radius 3 is 2.86 bits per heavy atom. The maximum atomic E-state index is 13.8. The lowest BCUT2D eigenvalue weighted by molar-refractivity contribution is -0.123. The number of halogens is 2. The molecule has 2 atom stereocenters. The van der Waals surface area contributed by atoms with E-state index in [1.54, 1.807) is 26.1 Å². The average molecular weight is 505 g/mol. The third-order valence-electron chi connectivity index (χ3n) is 5.12. The number of aryl methyl sites for hydroxylation is 1. The lowest BCUT2D eigenvalue weighted by Gasteiger charge is -2.31. The molecular formula is C20H33FIN5O. The number of likely N-dealkylation sites (tertiary alicyclic amines) is 1. The van der Waals surface area contributed by atoms with Crippen LogP contribution in [0, 0.1) is 18.7 Å². The first-order valence-electron chi connectivity index (χ1n) is 9.65. The van der Waals surface area contributed by atoms with Crippen molar-refractivity contribution in [3.8, 4) is 0 Å². The van der Waals surface area contributed by atoms with E-state index >= 15 is 0 Å². The number of primary amides is 1. The molecule has 0 saturated carbocycles. The number of hydrogen-bond acceptors (Lipinski definition) is 3. The number of carbonyl (C=O) groups excluding carboxylic acids is 1. The number of carbonyl (C=O) groups is 1. The van der Waals surface area contributed by atoms with Gasteiger partial charge in [0, 0.05) is 20.1 Å². The summed E-state index contributed by atoms with van der Waals surface area (Å²) in [5, 5.41) is 6.58. The van der Waals surface area contributed by atoms with Crippen molar-refractivity contribution in [1.82, 2.24) is 15.5 Å². The van der Waals surface area contributed by atoms with E-state index in [0.717, 1.165) is 51.0 Å². The van der Waals surface area contributed by atoms with Crippen LogP contribution in [0.5, 0.6) is 0 Å². The third-order valence-corrected chi connectivity index (χ3v) is 5.12. The first-order chi connectivity index (χ1) is 12.9. The molecule has 2 rings (SSSR count). The van der Waals surface area contributed by atoms with Crippen LogP contribution in [0.25, 0.3) is 0 Å². The highest BCUT2D eigenvalue weighted by molar-refractivity contribution is 14.0. The zero-order valence-corrected chi connectivity index (χ0v) is 19.3. The Bertz CT molecular complexity index is 670. The molecule has 1 heterocycles. The second-order valence-electron chi connectivity index (χ2n) is 7.27. The van der Waals surface area contributed by atoms with E-state index in [9.17, 15) is 9.18 Å². The molecular weight excluding hydrogens is 472 g/mol. The van der Waals surface area contributed by atoms with Gasteiger partial charge in [-0.2, -0.15) is 0 Å². The van der Waals surface area contributed by atoms with Gasteiger partial charge in [0.25, 0.3) is 0 Å². The zero-order valence-electron chi connectivity index (χ0n) is 17.0. The highest BCUT2D eigenvalue weighted by atomic mass is 127. The van der Waals surface area contributed by atoms with Gasteiger partial charge in [-0.1, -0.05) is 12.1 Å². The Labute approximate surface area is 184 Å². The summed E-state index contributed by atoms with van der Waals surface area (Å²) in [4.78, 5) is 17.9. The Morgan fingerprint density at radius 1 is 1.46 bits per heavy atom. The Hall–Kier alpha value is -1.42. The van der Waals surface area contributed by atoms with Crippen LogP contribution in [-0.4, -0.2) is 50.0 Å². The highest BCUT2D eigenvalue weighted by Gasteiger charge is 2.23. The number of rotatable bonds is 7. The van der Waals surface area contributed by atoms with Gasteiger partial charge in [0.2, 0.25) is 5.91 Å². The molecule has 1 saturated heterocycles. The largest absolute Gasteiger partial charge is 0.369 e. The van der Waals surface area contributed by atoms with Crippen molar-refractivity contribution in [1.29, 1.82) is 0 Å². The lowest BCUT2D eigenvalue weighted by Crippen LogP contribution is -2.43. The summed E-state index contributed by atoms with van der Waals surface area (Å²) in [6.45, 7) is 7.21. The van der Waals surface area contributed by atoms with E-state index in [1.165, 1.54) is 0 Å². The smallest absolute Gasteiger partial charge is 0.221 e. The minimum absolute atomic E-state index is 0. The minimum Gasteiger partial charge on any atom is -0.369 e. The number of nitrogens with two attached hydrogens (primary N) is 1. The van der Waals surface area contributed by atoms with Crippen LogP contribution in [0.1, 0.15) is 43.4 Å². The number of nitrogens with zero attached hydrogens (tertiary/aromatic N) is 2. The molecule has 0 spiro atoms. The second-order valence-corrected chi connectivity index (χ2v) is 7.27. The van der Waals surface area contributed by atoms with E-state index < -0.39 is 0 Å². The summed E-state index contributed by atoms with van der Waals surface area (Å²) < 4.78 is 13.8. The third kappa shape index (κ3) is 7.54. The van der Waals surface area contributed by atoms with Crippen molar-refractivity contribution in [3.05, 3.63) is 35.1 Å². The fourth-order valence-corrected chi connectivity index (χ4v) is 3.36. The maximum Gasteiger partial charge on any atom is 0.221 e. The summed E-state index contributed by atoms with van der Waals surface area (Å²) in [6, 6.07) is 5.22. The van der Waals surface area contributed by atoms with Gasteiger partial charge in [-0.3, -0.25) is 9.79 Å². The molecule has 1 amide bonds. The summed E-state index contributed by atoms with van der Waals surface area (Å²) in [7, 11) is 1.72. The molecule has 6 nitrogen and oxygen atoms in total. The highest BCUT2D eigenvalue weighted by Crippen LogP contribution is 2.17. The van der Waals surface area contributed by atoms with Gasteiger partial charge in [0.15, 0.2) is 5.96 Å². The molecule has 158 valence electrons. The van der Waals surface area contributed by atoms with Crippen LogP contribution in [0.3, 0.4) is 0 Å². The number of benzene rings is 1. The SMILES string of the molecule is CN=C(NCCCN1CCCC(C(N)=O)C1)NC(C)c1ccc(C)c(F)c1.I. The van der Waals surface area contributed by atoms with Crippen molar-refractivity contribution in [3.63, 3.8) is 0 Å². The van der Waals surface area contributed by atoms with Crippen LogP contribution >= 0.6 is 24.0 Å². The van der Waals surface area contributed by atoms with Crippen LogP contribution < -0.4 is 16.4 Å². The molecule has 0 radical (unpaired) electrons. The van der Waals surface area contributed by atoms with Gasteiger partial charge in [-0.25, -0.2) is 4.39 Å². The maximum absolute atomic E-state index is 13.8. The number of nitrogens with one attached hydrogen (secondary N) is 2. The van der Waals surface area contributed by atoms with Crippen molar-refractivity contribution < 1.29 is 9.18 Å². The van der Waals surface area contributed by atoms with Gasteiger partial charge in [0.1, 0.15) is 5.82 Å². The first-order valence-corrected chi connectivity index (χ1v) is 9.65. The first kappa shape index (κ1) is 24.6. The van der Waals surface area contributed by atoms with E-state index in [4.69, 9.17) is 5.73 Å². The molecule has 0 aromatic heterocycles. The van der Waals surface area contributed by atoms with Crippen LogP contribution in [-0.2, 0) is 4.79 Å².